The van der Waals surface area contributed by atoms with Crippen LogP contribution in [0.5, 0.6) is 5.75 Å². The van der Waals surface area contributed by atoms with Crippen molar-refractivity contribution in [3.8, 4) is 5.75 Å². The molecule has 0 radical (unpaired) electrons. The van der Waals surface area contributed by atoms with Crippen molar-refractivity contribution in [1.82, 2.24) is 0 Å². The number of rotatable bonds is 4. The van der Waals surface area contributed by atoms with Crippen molar-refractivity contribution in [1.29, 1.82) is 5.41 Å². The quantitative estimate of drug-likeness (QED) is 0.672. The van der Waals surface area contributed by atoms with E-state index in [0.29, 0.717) is 12.2 Å². The minimum atomic E-state index is 0.0432. The number of nitrogens with one attached hydrogen (secondary N) is 1. The molecule has 2 rings (SSSR count). The molecule has 1 heterocycles. The molecule has 0 aliphatic heterocycles. The van der Waals surface area contributed by atoms with Crippen LogP contribution in [0.3, 0.4) is 0 Å². The summed E-state index contributed by atoms with van der Waals surface area (Å²) in [7, 11) is 0. The van der Waals surface area contributed by atoms with Crippen LogP contribution in [-0.4, -0.2) is 5.84 Å². The van der Waals surface area contributed by atoms with E-state index in [1.54, 1.807) is 17.4 Å². The Morgan fingerprint density at radius 3 is 2.82 bits per heavy atom. The van der Waals surface area contributed by atoms with Gasteiger partial charge in [-0.2, -0.15) is 0 Å². The predicted molar refractivity (Wildman–Crippen MR) is 73.8 cm³/mol. The van der Waals surface area contributed by atoms with Crippen molar-refractivity contribution in [3.63, 3.8) is 0 Å². The molecule has 0 fully saturated rings. The summed E-state index contributed by atoms with van der Waals surface area (Å²) < 4.78 is 6.41. The molecule has 0 unspecified atom stereocenters. The van der Waals surface area contributed by atoms with E-state index in [0.717, 1.165) is 10.2 Å². The molecule has 17 heavy (non-hydrogen) atoms. The molecule has 5 heteroatoms. The third-order valence-corrected chi connectivity index (χ3v) is 3.70. The standard InChI is InChI=1S/C12H11BrN2OS/c13-11-6-8(3-4-10(11)12(14)15)16-7-9-2-1-5-17-9/h1-6H,7H2,(H3,14,15). The first-order valence-corrected chi connectivity index (χ1v) is 6.63. The number of nitrogens with two attached hydrogens (primary N) is 1. The molecule has 0 atom stereocenters. The van der Waals surface area contributed by atoms with E-state index in [1.165, 1.54) is 4.88 Å². The van der Waals surface area contributed by atoms with E-state index in [2.05, 4.69) is 15.9 Å². The Morgan fingerprint density at radius 1 is 1.41 bits per heavy atom. The smallest absolute Gasteiger partial charge is 0.123 e. The molecule has 1 aromatic carbocycles. The van der Waals surface area contributed by atoms with Gasteiger partial charge >= 0.3 is 0 Å². The van der Waals surface area contributed by atoms with E-state index in [1.807, 2.05) is 29.6 Å². The average molecular weight is 311 g/mol. The monoisotopic (exact) mass is 310 g/mol. The first-order chi connectivity index (χ1) is 8.16. The Labute approximate surface area is 112 Å². The van der Waals surface area contributed by atoms with Gasteiger partial charge in [-0.1, -0.05) is 6.07 Å². The predicted octanol–water partition coefficient (Wildman–Crippen LogP) is 3.37. The molecule has 0 spiro atoms. The molecule has 88 valence electrons. The highest BCUT2D eigenvalue weighted by molar-refractivity contribution is 9.10. The lowest BCUT2D eigenvalue weighted by Gasteiger charge is -2.07. The maximum atomic E-state index is 7.37. The van der Waals surface area contributed by atoms with E-state index >= 15 is 0 Å². The van der Waals surface area contributed by atoms with Gasteiger partial charge < -0.3 is 10.5 Å². The lowest BCUT2D eigenvalue weighted by Crippen LogP contribution is -2.11. The molecule has 0 aliphatic carbocycles. The van der Waals surface area contributed by atoms with Crippen molar-refractivity contribution in [2.24, 2.45) is 5.73 Å². The zero-order chi connectivity index (χ0) is 12.3. The van der Waals surface area contributed by atoms with Crippen LogP contribution in [0.15, 0.2) is 40.2 Å². The van der Waals surface area contributed by atoms with Gasteiger partial charge in [-0.15, -0.1) is 11.3 Å². The Kier molecular flexibility index (Phi) is 3.81. The van der Waals surface area contributed by atoms with Crippen molar-refractivity contribution in [2.75, 3.05) is 0 Å². The van der Waals surface area contributed by atoms with Crippen LogP contribution < -0.4 is 10.5 Å². The van der Waals surface area contributed by atoms with Crippen LogP contribution in [0, 0.1) is 5.41 Å². The number of ether oxygens (including phenoxy) is 1. The average Bonchev–Trinajstić information content (AvgIpc) is 2.78. The minimum Gasteiger partial charge on any atom is -0.488 e. The van der Waals surface area contributed by atoms with Gasteiger partial charge in [0.05, 0.1) is 0 Å². The first kappa shape index (κ1) is 12.1. The molecule has 0 saturated heterocycles. The van der Waals surface area contributed by atoms with Crippen LogP contribution >= 0.6 is 27.3 Å². The SMILES string of the molecule is N=C(N)c1ccc(OCc2cccs2)cc1Br. The van der Waals surface area contributed by atoms with Gasteiger partial charge in [0.25, 0.3) is 0 Å². The number of nitrogen functional groups attached to an aromatic ring is 1. The van der Waals surface area contributed by atoms with Gasteiger partial charge in [0, 0.05) is 14.9 Å². The van der Waals surface area contributed by atoms with Crippen molar-refractivity contribution >= 4 is 33.1 Å². The third kappa shape index (κ3) is 3.08. The topological polar surface area (TPSA) is 59.1 Å². The third-order valence-electron chi connectivity index (χ3n) is 2.19. The summed E-state index contributed by atoms with van der Waals surface area (Å²) in [5.41, 5.74) is 6.10. The second-order valence-electron chi connectivity index (χ2n) is 3.42. The fourth-order valence-corrected chi connectivity index (χ4v) is 2.54. The molecule has 0 saturated carbocycles. The van der Waals surface area contributed by atoms with E-state index in [9.17, 15) is 0 Å². The summed E-state index contributed by atoms with van der Waals surface area (Å²) in [4.78, 5) is 1.18. The van der Waals surface area contributed by atoms with Crippen molar-refractivity contribution in [2.45, 2.75) is 6.61 Å². The number of amidine groups is 1. The summed E-state index contributed by atoms with van der Waals surface area (Å²) in [6.07, 6.45) is 0. The highest BCUT2D eigenvalue weighted by atomic mass is 79.9. The number of thiophene rings is 1. The number of hydrogen-bond acceptors (Lipinski definition) is 3. The zero-order valence-corrected chi connectivity index (χ0v) is 11.3. The zero-order valence-electron chi connectivity index (χ0n) is 8.94. The van der Waals surface area contributed by atoms with Crippen LogP contribution in [0.1, 0.15) is 10.4 Å². The lowest BCUT2D eigenvalue weighted by atomic mass is 10.2. The molecule has 1 aromatic heterocycles. The molecular formula is C12H11BrN2OS. The van der Waals surface area contributed by atoms with Crippen LogP contribution in [-0.2, 0) is 6.61 Å². The maximum absolute atomic E-state index is 7.37. The molecule has 0 amide bonds. The fourth-order valence-electron chi connectivity index (χ4n) is 1.35. The highest BCUT2D eigenvalue weighted by Crippen LogP contribution is 2.23. The number of hydrogen-bond donors (Lipinski definition) is 2. The van der Waals surface area contributed by atoms with Gasteiger partial charge in [-0.3, -0.25) is 5.41 Å². The van der Waals surface area contributed by atoms with Crippen LogP contribution in [0.25, 0.3) is 0 Å². The van der Waals surface area contributed by atoms with E-state index < -0.39 is 0 Å². The molecule has 0 bridgehead atoms. The first-order valence-electron chi connectivity index (χ1n) is 4.96. The lowest BCUT2D eigenvalue weighted by molar-refractivity contribution is 0.309. The Morgan fingerprint density at radius 2 is 2.24 bits per heavy atom. The highest BCUT2D eigenvalue weighted by Gasteiger charge is 2.05. The van der Waals surface area contributed by atoms with Crippen molar-refractivity contribution < 1.29 is 4.74 Å². The van der Waals surface area contributed by atoms with Gasteiger partial charge in [0.2, 0.25) is 0 Å². The molecule has 3 nitrogen and oxygen atoms in total. The Balaban J connectivity index is 2.07. The second kappa shape index (κ2) is 5.33. The molecule has 0 aliphatic rings. The Hall–Kier alpha value is -1.33. The fraction of sp³-hybridized carbons (Fsp3) is 0.0833. The van der Waals surface area contributed by atoms with Gasteiger partial charge in [0.1, 0.15) is 18.2 Å². The van der Waals surface area contributed by atoms with Gasteiger partial charge in [-0.25, -0.2) is 0 Å². The molecule has 2 aromatic rings. The second-order valence-corrected chi connectivity index (χ2v) is 5.31. The summed E-state index contributed by atoms with van der Waals surface area (Å²) in [6.45, 7) is 0.559. The minimum absolute atomic E-state index is 0.0432. The Bertz CT molecular complexity index is 525. The van der Waals surface area contributed by atoms with Crippen molar-refractivity contribution in [3.05, 3.63) is 50.6 Å². The van der Waals surface area contributed by atoms with Gasteiger partial charge in [0.15, 0.2) is 0 Å². The normalized spacial score (nSPS) is 10.2. The van der Waals surface area contributed by atoms with Crippen LogP contribution in [0.4, 0.5) is 0 Å². The largest absolute Gasteiger partial charge is 0.488 e. The maximum Gasteiger partial charge on any atom is 0.123 e. The van der Waals surface area contributed by atoms with E-state index in [-0.39, 0.29) is 5.84 Å². The molecular weight excluding hydrogens is 300 g/mol. The summed E-state index contributed by atoms with van der Waals surface area (Å²) in [5, 5.41) is 9.39. The van der Waals surface area contributed by atoms with Gasteiger partial charge in [-0.05, 0) is 45.6 Å². The number of halogens is 1. The summed E-state index contributed by atoms with van der Waals surface area (Å²) in [6, 6.07) is 9.44. The summed E-state index contributed by atoms with van der Waals surface area (Å²) >= 11 is 5.03. The molecule has 3 N–H and O–H groups in total. The van der Waals surface area contributed by atoms with Crippen LogP contribution in [0.2, 0.25) is 0 Å². The van der Waals surface area contributed by atoms with E-state index in [4.69, 9.17) is 15.9 Å². The number of benzene rings is 1. The summed E-state index contributed by atoms with van der Waals surface area (Å²) in [5.74, 6) is 0.803.